The average Bonchev–Trinajstić information content (AvgIpc) is 2.38. The fourth-order valence-corrected chi connectivity index (χ4v) is 2.62. The second kappa shape index (κ2) is 8.30. The van der Waals surface area contributed by atoms with Gasteiger partial charge in [0.1, 0.15) is 6.33 Å². The van der Waals surface area contributed by atoms with E-state index in [2.05, 4.69) is 23.8 Å². The van der Waals surface area contributed by atoms with Gasteiger partial charge in [-0.15, -0.1) is 11.6 Å². The van der Waals surface area contributed by atoms with Gasteiger partial charge in [0.2, 0.25) is 5.88 Å². The van der Waals surface area contributed by atoms with E-state index < -0.39 is 0 Å². The zero-order valence-corrected chi connectivity index (χ0v) is 12.3. The molecule has 1 atom stereocenters. The molecule has 18 heavy (non-hydrogen) atoms. The van der Waals surface area contributed by atoms with Crippen LogP contribution in [0.25, 0.3) is 0 Å². The molecule has 0 bridgehead atoms. The van der Waals surface area contributed by atoms with E-state index in [9.17, 15) is 0 Å². The van der Waals surface area contributed by atoms with Crippen molar-refractivity contribution in [3.05, 3.63) is 18.1 Å². The molecule has 0 aliphatic carbocycles. The van der Waals surface area contributed by atoms with Crippen LogP contribution < -0.4 is 4.74 Å². The topological polar surface area (TPSA) is 35.0 Å². The standard InChI is InChI=1S/C14H23ClN2O/c1-4-6-11(7-5-2)13(15)8-12-9-14(18-3)17-10-16-12/h9-11,13H,4-8H2,1-3H3. The molecule has 1 unspecified atom stereocenters. The van der Waals surface area contributed by atoms with E-state index in [1.807, 2.05) is 6.07 Å². The third-order valence-electron chi connectivity index (χ3n) is 3.14. The van der Waals surface area contributed by atoms with Gasteiger partial charge in [0.25, 0.3) is 0 Å². The largest absolute Gasteiger partial charge is 0.481 e. The summed E-state index contributed by atoms with van der Waals surface area (Å²) in [6, 6.07) is 1.87. The van der Waals surface area contributed by atoms with E-state index in [1.54, 1.807) is 7.11 Å². The Balaban J connectivity index is 2.62. The molecule has 0 saturated heterocycles. The fraction of sp³-hybridized carbons (Fsp3) is 0.714. The lowest BCUT2D eigenvalue weighted by Gasteiger charge is -2.21. The molecule has 0 aromatic carbocycles. The third kappa shape index (κ3) is 4.81. The zero-order chi connectivity index (χ0) is 13.4. The first-order valence-corrected chi connectivity index (χ1v) is 7.13. The molecule has 1 aromatic rings. The van der Waals surface area contributed by atoms with Gasteiger partial charge in [0.05, 0.1) is 7.11 Å². The van der Waals surface area contributed by atoms with E-state index in [4.69, 9.17) is 16.3 Å². The Morgan fingerprint density at radius 1 is 1.22 bits per heavy atom. The van der Waals surface area contributed by atoms with E-state index in [0.717, 1.165) is 12.1 Å². The number of hydrogen-bond acceptors (Lipinski definition) is 3. The van der Waals surface area contributed by atoms with Gasteiger partial charge >= 0.3 is 0 Å². The van der Waals surface area contributed by atoms with Gasteiger partial charge in [-0.3, -0.25) is 0 Å². The number of aromatic nitrogens is 2. The van der Waals surface area contributed by atoms with Gasteiger partial charge in [-0.05, 0) is 18.8 Å². The van der Waals surface area contributed by atoms with E-state index in [0.29, 0.717) is 11.8 Å². The van der Waals surface area contributed by atoms with Crippen LogP contribution in [0.1, 0.15) is 45.2 Å². The number of methoxy groups -OCH3 is 1. The summed E-state index contributed by atoms with van der Waals surface area (Å²) in [5.74, 6) is 1.18. The van der Waals surface area contributed by atoms with Crippen molar-refractivity contribution in [1.82, 2.24) is 9.97 Å². The van der Waals surface area contributed by atoms with Crippen LogP contribution in [0.5, 0.6) is 5.88 Å². The number of halogens is 1. The number of nitrogens with zero attached hydrogens (tertiary/aromatic N) is 2. The molecule has 3 nitrogen and oxygen atoms in total. The molecule has 0 aliphatic heterocycles. The fourth-order valence-electron chi connectivity index (χ4n) is 2.21. The monoisotopic (exact) mass is 270 g/mol. The van der Waals surface area contributed by atoms with Gasteiger partial charge in [0.15, 0.2) is 0 Å². The molecule has 0 saturated carbocycles. The summed E-state index contributed by atoms with van der Waals surface area (Å²) in [5, 5.41) is 0.143. The summed E-state index contributed by atoms with van der Waals surface area (Å²) in [6.45, 7) is 4.42. The molecule has 4 heteroatoms. The van der Waals surface area contributed by atoms with Crippen molar-refractivity contribution >= 4 is 11.6 Å². The van der Waals surface area contributed by atoms with Crippen LogP contribution in [0.2, 0.25) is 0 Å². The molecular formula is C14H23ClN2O. The van der Waals surface area contributed by atoms with Crippen LogP contribution in [-0.4, -0.2) is 22.5 Å². The van der Waals surface area contributed by atoms with E-state index >= 15 is 0 Å². The van der Waals surface area contributed by atoms with E-state index in [-0.39, 0.29) is 5.38 Å². The van der Waals surface area contributed by atoms with Crippen LogP contribution in [0.4, 0.5) is 0 Å². The molecule has 1 aromatic heterocycles. The van der Waals surface area contributed by atoms with Crippen LogP contribution >= 0.6 is 11.6 Å². The maximum Gasteiger partial charge on any atom is 0.216 e. The Hall–Kier alpha value is -0.830. The van der Waals surface area contributed by atoms with Crippen LogP contribution in [-0.2, 0) is 6.42 Å². The second-order valence-electron chi connectivity index (χ2n) is 4.61. The highest BCUT2D eigenvalue weighted by Gasteiger charge is 2.19. The second-order valence-corrected chi connectivity index (χ2v) is 5.17. The minimum absolute atomic E-state index is 0.143. The van der Waals surface area contributed by atoms with Crippen LogP contribution in [0.15, 0.2) is 12.4 Å². The van der Waals surface area contributed by atoms with Crippen LogP contribution in [0, 0.1) is 5.92 Å². The third-order valence-corrected chi connectivity index (χ3v) is 3.65. The van der Waals surface area contributed by atoms with Crippen molar-refractivity contribution in [2.45, 2.75) is 51.3 Å². The minimum Gasteiger partial charge on any atom is -0.481 e. The van der Waals surface area contributed by atoms with Crippen molar-refractivity contribution in [3.8, 4) is 5.88 Å². The maximum atomic E-state index is 6.53. The summed E-state index contributed by atoms with van der Waals surface area (Å²) in [6.07, 6.45) is 7.05. The van der Waals surface area contributed by atoms with Crippen molar-refractivity contribution in [2.24, 2.45) is 5.92 Å². The van der Waals surface area contributed by atoms with Crippen molar-refractivity contribution < 1.29 is 4.74 Å². The van der Waals surface area contributed by atoms with E-state index in [1.165, 1.54) is 32.0 Å². The van der Waals surface area contributed by atoms with Gasteiger partial charge in [-0.25, -0.2) is 9.97 Å². The summed E-state index contributed by atoms with van der Waals surface area (Å²) in [4.78, 5) is 8.26. The predicted molar refractivity (Wildman–Crippen MR) is 75.2 cm³/mol. The Morgan fingerprint density at radius 2 is 1.89 bits per heavy atom. The first-order chi connectivity index (χ1) is 8.71. The first-order valence-electron chi connectivity index (χ1n) is 6.70. The zero-order valence-electron chi connectivity index (χ0n) is 11.5. The maximum absolute atomic E-state index is 6.53. The van der Waals surface area contributed by atoms with Crippen molar-refractivity contribution in [3.63, 3.8) is 0 Å². The molecule has 0 aliphatic rings. The highest BCUT2D eigenvalue weighted by atomic mass is 35.5. The number of rotatable bonds is 8. The molecule has 0 radical (unpaired) electrons. The quantitative estimate of drug-likeness (QED) is 0.673. The minimum atomic E-state index is 0.143. The Bertz CT molecular complexity index is 340. The summed E-state index contributed by atoms with van der Waals surface area (Å²) in [5.41, 5.74) is 0.957. The molecular weight excluding hydrogens is 248 g/mol. The number of alkyl halides is 1. The SMILES string of the molecule is CCCC(CCC)C(Cl)Cc1cc(OC)ncn1. The smallest absolute Gasteiger partial charge is 0.216 e. The lowest BCUT2D eigenvalue weighted by Crippen LogP contribution is -2.18. The molecule has 0 amide bonds. The Kier molecular flexibility index (Phi) is 7.02. The molecule has 0 fully saturated rings. The summed E-state index contributed by atoms with van der Waals surface area (Å²) >= 11 is 6.53. The lowest BCUT2D eigenvalue weighted by atomic mass is 9.92. The van der Waals surface area contributed by atoms with Crippen molar-refractivity contribution in [2.75, 3.05) is 7.11 Å². The summed E-state index contributed by atoms with van der Waals surface area (Å²) < 4.78 is 5.10. The molecule has 102 valence electrons. The number of hydrogen-bond donors (Lipinski definition) is 0. The highest BCUT2D eigenvalue weighted by Crippen LogP contribution is 2.25. The highest BCUT2D eigenvalue weighted by molar-refractivity contribution is 6.20. The normalized spacial score (nSPS) is 12.7. The summed E-state index contributed by atoms with van der Waals surface area (Å²) in [7, 11) is 1.61. The predicted octanol–water partition coefficient (Wildman–Crippen LogP) is 3.85. The Morgan fingerprint density at radius 3 is 2.44 bits per heavy atom. The van der Waals surface area contributed by atoms with Crippen LogP contribution in [0.3, 0.4) is 0 Å². The Labute approximate surface area is 115 Å². The molecule has 1 heterocycles. The van der Waals surface area contributed by atoms with Gasteiger partial charge in [0, 0.05) is 23.6 Å². The van der Waals surface area contributed by atoms with Crippen molar-refractivity contribution in [1.29, 1.82) is 0 Å². The molecule has 0 N–H and O–H groups in total. The van der Waals surface area contributed by atoms with Gasteiger partial charge in [-0.1, -0.05) is 26.7 Å². The number of ether oxygens (including phenoxy) is 1. The molecule has 1 rings (SSSR count). The van der Waals surface area contributed by atoms with Gasteiger partial charge in [-0.2, -0.15) is 0 Å². The molecule has 0 spiro atoms. The lowest BCUT2D eigenvalue weighted by molar-refractivity contribution is 0.393. The average molecular weight is 271 g/mol. The van der Waals surface area contributed by atoms with Gasteiger partial charge < -0.3 is 4.74 Å². The first kappa shape index (κ1) is 15.2.